The highest BCUT2D eigenvalue weighted by Gasteiger charge is 2.25. The average Bonchev–Trinajstić information content (AvgIpc) is 2.91. The van der Waals surface area contributed by atoms with E-state index in [1.807, 2.05) is 45.9 Å². The Morgan fingerprint density at radius 3 is 2.83 bits per heavy atom. The van der Waals surface area contributed by atoms with Gasteiger partial charge in [-0.1, -0.05) is 6.92 Å². The van der Waals surface area contributed by atoms with Crippen molar-refractivity contribution in [2.45, 2.75) is 58.3 Å². The van der Waals surface area contributed by atoms with Crippen molar-refractivity contribution in [3.8, 4) is 5.75 Å². The van der Waals surface area contributed by atoms with E-state index in [1.165, 1.54) is 0 Å². The van der Waals surface area contributed by atoms with Crippen LogP contribution in [-0.4, -0.2) is 42.1 Å². The van der Waals surface area contributed by atoms with Gasteiger partial charge in [-0.25, -0.2) is 4.79 Å². The number of ether oxygens (including phenoxy) is 2. The smallest absolute Gasteiger partial charge is 0.407 e. The van der Waals surface area contributed by atoms with E-state index in [4.69, 9.17) is 9.47 Å². The van der Waals surface area contributed by atoms with E-state index in [0.29, 0.717) is 6.54 Å². The summed E-state index contributed by atoms with van der Waals surface area (Å²) in [5, 5.41) is 15.3. The van der Waals surface area contributed by atoms with E-state index < -0.39 is 11.7 Å². The first kappa shape index (κ1) is 18.4. The largest absolute Gasteiger partial charge is 0.488 e. The van der Waals surface area contributed by atoms with Crippen LogP contribution in [0.15, 0.2) is 18.2 Å². The fourth-order valence-electron chi connectivity index (χ4n) is 2.55. The van der Waals surface area contributed by atoms with Gasteiger partial charge >= 0.3 is 6.09 Å². The molecular weight excluding hydrogens is 308 g/mol. The number of aliphatic hydroxyl groups is 1. The van der Waals surface area contributed by atoms with Crippen LogP contribution in [0.1, 0.15) is 39.7 Å². The Balaban J connectivity index is 1.87. The van der Waals surface area contributed by atoms with Gasteiger partial charge in [0.1, 0.15) is 17.5 Å². The van der Waals surface area contributed by atoms with Gasteiger partial charge in [-0.2, -0.15) is 0 Å². The van der Waals surface area contributed by atoms with Crippen LogP contribution in [0.25, 0.3) is 0 Å². The molecule has 1 heterocycles. The van der Waals surface area contributed by atoms with Gasteiger partial charge in [0.2, 0.25) is 0 Å². The minimum Gasteiger partial charge on any atom is -0.488 e. The Bertz CT molecular complexity index is 565. The normalized spacial score (nSPS) is 17.6. The summed E-state index contributed by atoms with van der Waals surface area (Å²) in [7, 11) is 0. The Labute approximate surface area is 143 Å². The van der Waals surface area contributed by atoms with Crippen molar-refractivity contribution in [3.63, 3.8) is 0 Å². The summed E-state index contributed by atoms with van der Waals surface area (Å²) >= 11 is 0. The lowest BCUT2D eigenvalue weighted by molar-refractivity contribution is 0.0506. The molecule has 0 aliphatic carbocycles. The molecule has 0 radical (unpaired) electrons. The van der Waals surface area contributed by atoms with Gasteiger partial charge < -0.3 is 25.2 Å². The summed E-state index contributed by atoms with van der Waals surface area (Å²) in [6, 6.07) is 5.96. The number of anilines is 1. The third kappa shape index (κ3) is 5.30. The van der Waals surface area contributed by atoms with E-state index in [2.05, 4.69) is 10.6 Å². The topological polar surface area (TPSA) is 79.8 Å². The quantitative estimate of drug-likeness (QED) is 0.744. The number of hydrogen-bond acceptors (Lipinski definition) is 5. The summed E-state index contributed by atoms with van der Waals surface area (Å²) in [6.07, 6.45) is 1.06. The summed E-state index contributed by atoms with van der Waals surface area (Å²) in [5.74, 6) is 0.841. The SMILES string of the molecule is CCC(CO)Nc1ccc2c(c1)CC(CNC(=O)OC(C)(C)C)O2. The zero-order valence-electron chi connectivity index (χ0n) is 14.9. The molecular formula is C18H28N2O4. The second kappa shape index (κ2) is 7.75. The molecule has 0 fully saturated rings. The van der Waals surface area contributed by atoms with E-state index >= 15 is 0 Å². The molecule has 0 spiro atoms. The number of aliphatic hydroxyl groups excluding tert-OH is 1. The van der Waals surface area contributed by atoms with E-state index in [1.54, 1.807) is 0 Å². The number of nitrogens with one attached hydrogen (secondary N) is 2. The Hall–Kier alpha value is -1.95. The van der Waals surface area contributed by atoms with Crippen LogP contribution < -0.4 is 15.4 Å². The van der Waals surface area contributed by atoms with Crippen LogP contribution in [0.4, 0.5) is 10.5 Å². The van der Waals surface area contributed by atoms with Crippen molar-refractivity contribution >= 4 is 11.8 Å². The highest BCUT2D eigenvalue weighted by Crippen LogP contribution is 2.31. The summed E-state index contributed by atoms with van der Waals surface area (Å²) in [4.78, 5) is 11.7. The number of carbonyl (C=O) groups is 1. The molecule has 24 heavy (non-hydrogen) atoms. The molecule has 2 rings (SSSR count). The highest BCUT2D eigenvalue weighted by molar-refractivity contribution is 5.67. The second-order valence-corrected chi connectivity index (χ2v) is 7.08. The minimum atomic E-state index is -0.507. The first-order valence-corrected chi connectivity index (χ1v) is 8.44. The van der Waals surface area contributed by atoms with Crippen LogP contribution >= 0.6 is 0 Å². The maximum atomic E-state index is 11.7. The van der Waals surface area contributed by atoms with Gasteiger partial charge in [0.05, 0.1) is 13.2 Å². The predicted molar refractivity (Wildman–Crippen MR) is 93.6 cm³/mol. The van der Waals surface area contributed by atoms with Crippen molar-refractivity contribution in [2.75, 3.05) is 18.5 Å². The van der Waals surface area contributed by atoms with Crippen LogP contribution in [0, 0.1) is 0 Å². The number of rotatable bonds is 6. The molecule has 134 valence electrons. The number of alkyl carbamates (subject to hydrolysis) is 1. The van der Waals surface area contributed by atoms with Gasteiger partial charge in [-0.15, -0.1) is 0 Å². The van der Waals surface area contributed by atoms with Crippen LogP contribution in [0.3, 0.4) is 0 Å². The molecule has 1 amide bonds. The number of amides is 1. The van der Waals surface area contributed by atoms with Crippen LogP contribution in [0.2, 0.25) is 0 Å². The predicted octanol–water partition coefficient (Wildman–Crippen LogP) is 2.70. The van der Waals surface area contributed by atoms with Gasteiger partial charge in [0.25, 0.3) is 0 Å². The number of fused-ring (bicyclic) bond motifs is 1. The van der Waals surface area contributed by atoms with Gasteiger partial charge in [0.15, 0.2) is 0 Å². The van der Waals surface area contributed by atoms with Crippen LogP contribution in [-0.2, 0) is 11.2 Å². The van der Waals surface area contributed by atoms with Crippen molar-refractivity contribution in [1.29, 1.82) is 0 Å². The maximum Gasteiger partial charge on any atom is 0.407 e. The lowest BCUT2D eigenvalue weighted by Gasteiger charge is -2.20. The first-order valence-electron chi connectivity index (χ1n) is 8.44. The van der Waals surface area contributed by atoms with Crippen molar-refractivity contribution < 1.29 is 19.4 Å². The van der Waals surface area contributed by atoms with Crippen molar-refractivity contribution in [2.24, 2.45) is 0 Å². The fourth-order valence-corrected chi connectivity index (χ4v) is 2.55. The molecule has 6 nitrogen and oxygen atoms in total. The zero-order chi connectivity index (χ0) is 17.7. The number of benzene rings is 1. The Kier molecular flexibility index (Phi) is 5.94. The summed E-state index contributed by atoms with van der Waals surface area (Å²) in [5.41, 5.74) is 1.56. The third-order valence-corrected chi connectivity index (χ3v) is 3.76. The van der Waals surface area contributed by atoms with Gasteiger partial charge in [0, 0.05) is 18.2 Å². The molecule has 2 atom stereocenters. The molecule has 1 aliphatic heterocycles. The summed E-state index contributed by atoms with van der Waals surface area (Å²) < 4.78 is 11.1. The van der Waals surface area contributed by atoms with E-state index in [-0.39, 0.29) is 18.8 Å². The van der Waals surface area contributed by atoms with E-state index in [9.17, 15) is 9.90 Å². The molecule has 0 saturated carbocycles. The van der Waals surface area contributed by atoms with Gasteiger partial charge in [-0.3, -0.25) is 0 Å². The second-order valence-electron chi connectivity index (χ2n) is 7.08. The van der Waals surface area contributed by atoms with Gasteiger partial charge in [-0.05, 0) is 51.0 Å². The maximum absolute atomic E-state index is 11.7. The van der Waals surface area contributed by atoms with E-state index in [0.717, 1.165) is 29.8 Å². The molecule has 1 aromatic carbocycles. The minimum absolute atomic E-state index is 0.0509. The summed E-state index contributed by atoms with van der Waals surface area (Å²) in [6.45, 7) is 8.03. The van der Waals surface area contributed by atoms with Crippen LogP contribution in [0.5, 0.6) is 5.75 Å². The highest BCUT2D eigenvalue weighted by atomic mass is 16.6. The fraction of sp³-hybridized carbons (Fsp3) is 0.611. The third-order valence-electron chi connectivity index (χ3n) is 3.76. The molecule has 0 aromatic heterocycles. The molecule has 6 heteroatoms. The molecule has 0 bridgehead atoms. The lowest BCUT2D eigenvalue weighted by Crippen LogP contribution is -2.38. The average molecular weight is 336 g/mol. The zero-order valence-corrected chi connectivity index (χ0v) is 14.9. The molecule has 2 unspecified atom stereocenters. The molecule has 1 aliphatic rings. The van der Waals surface area contributed by atoms with Crippen molar-refractivity contribution in [1.82, 2.24) is 5.32 Å². The standard InChI is InChI=1S/C18H28N2O4/c1-5-13(11-21)20-14-6-7-16-12(8-14)9-15(23-16)10-19-17(22)24-18(2,3)4/h6-8,13,15,20-21H,5,9-11H2,1-4H3,(H,19,22). The van der Waals surface area contributed by atoms with Crippen molar-refractivity contribution in [3.05, 3.63) is 23.8 Å². The Morgan fingerprint density at radius 2 is 2.21 bits per heavy atom. The number of hydrogen-bond donors (Lipinski definition) is 3. The lowest BCUT2D eigenvalue weighted by atomic mass is 10.1. The number of carbonyl (C=O) groups excluding carboxylic acids is 1. The first-order chi connectivity index (χ1) is 11.3. The monoisotopic (exact) mass is 336 g/mol. The molecule has 0 saturated heterocycles. The Morgan fingerprint density at radius 1 is 1.46 bits per heavy atom. The molecule has 1 aromatic rings. The molecule has 3 N–H and O–H groups in total.